The van der Waals surface area contributed by atoms with Crippen LogP contribution in [0.4, 0.5) is 10.1 Å². The number of rotatable bonds is 6. The summed E-state index contributed by atoms with van der Waals surface area (Å²) >= 11 is 5.98. The number of hydrogen-bond acceptors (Lipinski definition) is 3. The van der Waals surface area contributed by atoms with E-state index in [1.165, 1.54) is 6.07 Å². The van der Waals surface area contributed by atoms with Gasteiger partial charge in [0, 0.05) is 23.2 Å². The van der Waals surface area contributed by atoms with Crippen LogP contribution in [-0.4, -0.2) is 26.7 Å². The number of ether oxygens (including phenoxy) is 2. The van der Waals surface area contributed by atoms with Crippen LogP contribution in [0.3, 0.4) is 0 Å². The molecular formula is C17H20ClFIN3O2. The molecule has 0 spiro atoms. The molecule has 0 unspecified atom stereocenters. The number of nitrogens with two attached hydrogens (primary N) is 1. The van der Waals surface area contributed by atoms with E-state index in [1.54, 1.807) is 44.6 Å². The Balaban J connectivity index is 0.00000312. The first-order valence-corrected chi connectivity index (χ1v) is 7.64. The predicted octanol–water partition coefficient (Wildman–Crippen LogP) is 4.08. The minimum atomic E-state index is -0.348. The maximum atomic E-state index is 13.7. The highest BCUT2D eigenvalue weighted by Gasteiger charge is 2.08. The van der Waals surface area contributed by atoms with Crippen LogP contribution in [0.2, 0.25) is 5.02 Å². The van der Waals surface area contributed by atoms with Gasteiger partial charge in [0.2, 0.25) is 0 Å². The Morgan fingerprint density at radius 2 is 2.00 bits per heavy atom. The highest BCUT2D eigenvalue weighted by atomic mass is 127. The second-order valence-electron chi connectivity index (χ2n) is 4.91. The molecule has 25 heavy (non-hydrogen) atoms. The Morgan fingerprint density at radius 1 is 1.24 bits per heavy atom. The molecule has 0 aliphatic carbocycles. The Bertz CT molecular complexity index is 724. The number of methoxy groups -OCH3 is 2. The van der Waals surface area contributed by atoms with Gasteiger partial charge in [-0.25, -0.2) is 4.39 Å². The fourth-order valence-corrected chi connectivity index (χ4v) is 2.41. The first kappa shape index (κ1) is 21.3. The van der Waals surface area contributed by atoms with Crippen molar-refractivity contribution in [1.29, 1.82) is 0 Å². The van der Waals surface area contributed by atoms with Gasteiger partial charge >= 0.3 is 0 Å². The molecule has 0 saturated carbocycles. The van der Waals surface area contributed by atoms with Crippen molar-refractivity contribution in [2.45, 2.75) is 6.42 Å². The Hall–Kier alpha value is -1.74. The number of nitrogens with zero attached hydrogens (tertiary/aromatic N) is 1. The third kappa shape index (κ3) is 5.93. The molecule has 0 heterocycles. The number of anilines is 1. The van der Waals surface area contributed by atoms with E-state index in [1.807, 2.05) is 0 Å². The molecule has 2 rings (SSSR count). The highest BCUT2D eigenvalue weighted by Crippen LogP contribution is 2.28. The summed E-state index contributed by atoms with van der Waals surface area (Å²) in [5.41, 5.74) is 6.93. The molecule has 2 aromatic carbocycles. The maximum Gasteiger partial charge on any atom is 0.193 e. The molecule has 0 fully saturated rings. The van der Waals surface area contributed by atoms with Crippen molar-refractivity contribution in [2.24, 2.45) is 10.7 Å². The van der Waals surface area contributed by atoms with E-state index in [-0.39, 0.29) is 35.8 Å². The molecule has 8 heteroatoms. The molecule has 136 valence electrons. The van der Waals surface area contributed by atoms with Crippen LogP contribution in [0.5, 0.6) is 11.5 Å². The first-order valence-electron chi connectivity index (χ1n) is 7.27. The normalized spacial score (nSPS) is 10.8. The third-order valence-corrected chi connectivity index (χ3v) is 3.73. The van der Waals surface area contributed by atoms with Crippen LogP contribution in [0, 0.1) is 5.82 Å². The quantitative estimate of drug-likeness (QED) is 0.372. The van der Waals surface area contributed by atoms with Crippen LogP contribution in [0.1, 0.15) is 5.56 Å². The van der Waals surface area contributed by atoms with Crippen LogP contribution in [-0.2, 0) is 6.42 Å². The van der Waals surface area contributed by atoms with Crippen molar-refractivity contribution < 1.29 is 13.9 Å². The number of hydrogen-bond donors (Lipinski definition) is 2. The molecule has 0 aliphatic heterocycles. The summed E-state index contributed by atoms with van der Waals surface area (Å²) in [7, 11) is 3.13. The van der Waals surface area contributed by atoms with Crippen LogP contribution in [0.25, 0.3) is 0 Å². The lowest BCUT2D eigenvalue weighted by Gasteiger charge is -2.12. The van der Waals surface area contributed by atoms with E-state index >= 15 is 0 Å². The van der Waals surface area contributed by atoms with Gasteiger partial charge in [0.25, 0.3) is 0 Å². The second-order valence-corrected chi connectivity index (χ2v) is 5.32. The summed E-state index contributed by atoms with van der Waals surface area (Å²) in [5, 5.41) is 3.33. The van der Waals surface area contributed by atoms with Gasteiger partial charge in [-0.2, -0.15) is 0 Å². The Morgan fingerprint density at radius 3 is 2.64 bits per heavy atom. The van der Waals surface area contributed by atoms with Gasteiger partial charge in [0.05, 0.1) is 19.9 Å². The van der Waals surface area contributed by atoms with Crippen LogP contribution in [0.15, 0.2) is 41.4 Å². The average molecular weight is 480 g/mol. The molecule has 0 radical (unpaired) electrons. The van der Waals surface area contributed by atoms with Gasteiger partial charge in [-0.05, 0) is 30.7 Å². The lowest BCUT2D eigenvalue weighted by Crippen LogP contribution is -2.23. The van der Waals surface area contributed by atoms with Gasteiger partial charge in [0.1, 0.15) is 17.3 Å². The maximum absolute atomic E-state index is 13.7. The number of benzene rings is 2. The van der Waals surface area contributed by atoms with Crippen molar-refractivity contribution >= 4 is 47.2 Å². The largest absolute Gasteiger partial charge is 0.497 e. The zero-order valence-electron chi connectivity index (χ0n) is 13.9. The molecule has 0 saturated heterocycles. The Kier molecular flexibility index (Phi) is 8.77. The number of nitrogens with one attached hydrogen (secondary N) is 1. The monoisotopic (exact) mass is 479 g/mol. The predicted molar refractivity (Wildman–Crippen MR) is 110 cm³/mol. The zero-order chi connectivity index (χ0) is 17.5. The molecular weight excluding hydrogens is 460 g/mol. The number of aliphatic imine (C=N–C) groups is 1. The lowest BCUT2D eigenvalue weighted by atomic mass is 10.1. The smallest absolute Gasteiger partial charge is 0.193 e. The van der Waals surface area contributed by atoms with E-state index in [4.69, 9.17) is 26.8 Å². The molecule has 5 nitrogen and oxygen atoms in total. The SMILES string of the molecule is COc1ccc(OC)c(NC(N)=NCCc2c(F)cccc2Cl)c1.I. The zero-order valence-corrected chi connectivity index (χ0v) is 17.0. The molecule has 3 N–H and O–H groups in total. The summed E-state index contributed by atoms with van der Waals surface area (Å²) in [6.07, 6.45) is 0.350. The first-order chi connectivity index (χ1) is 11.5. The van der Waals surface area contributed by atoms with Gasteiger partial charge < -0.3 is 20.5 Å². The molecule has 0 amide bonds. The molecule has 0 aromatic heterocycles. The van der Waals surface area contributed by atoms with E-state index in [2.05, 4.69) is 10.3 Å². The van der Waals surface area contributed by atoms with Crippen molar-refractivity contribution in [3.05, 3.63) is 52.8 Å². The van der Waals surface area contributed by atoms with Crippen molar-refractivity contribution in [3.63, 3.8) is 0 Å². The molecule has 0 aliphatic rings. The molecule has 2 aromatic rings. The Labute approximate surface area is 168 Å². The number of halogens is 3. The highest BCUT2D eigenvalue weighted by molar-refractivity contribution is 14.0. The summed E-state index contributed by atoms with van der Waals surface area (Å²) in [6.45, 7) is 0.297. The average Bonchev–Trinajstić information content (AvgIpc) is 2.57. The fraction of sp³-hybridized carbons (Fsp3) is 0.235. The standard InChI is InChI=1S/C17H19ClFN3O2.HI/c1-23-11-6-7-16(24-2)15(10-11)22-17(20)21-9-8-12-13(18)4-3-5-14(12)19;/h3-7,10H,8-9H2,1-2H3,(H3,20,21,22);1H. The van der Waals surface area contributed by atoms with Gasteiger partial charge in [-0.1, -0.05) is 17.7 Å². The molecule has 0 bridgehead atoms. The minimum Gasteiger partial charge on any atom is -0.497 e. The summed E-state index contributed by atoms with van der Waals surface area (Å²) in [6, 6.07) is 9.86. The summed E-state index contributed by atoms with van der Waals surface area (Å²) < 4.78 is 24.1. The van der Waals surface area contributed by atoms with Crippen LogP contribution < -0.4 is 20.5 Å². The third-order valence-electron chi connectivity index (χ3n) is 3.38. The van der Waals surface area contributed by atoms with Crippen LogP contribution >= 0.6 is 35.6 Å². The van der Waals surface area contributed by atoms with Gasteiger partial charge in [-0.15, -0.1) is 24.0 Å². The number of guanidine groups is 1. The lowest BCUT2D eigenvalue weighted by molar-refractivity contribution is 0.405. The van der Waals surface area contributed by atoms with Gasteiger partial charge in [-0.3, -0.25) is 4.99 Å². The fourth-order valence-electron chi connectivity index (χ4n) is 2.15. The van der Waals surface area contributed by atoms with Crippen molar-refractivity contribution in [2.75, 3.05) is 26.1 Å². The van der Waals surface area contributed by atoms with Gasteiger partial charge in [0.15, 0.2) is 5.96 Å². The van der Waals surface area contributed by atoms with E-state index in [0.717, 1.165) is 0 Å². The summed E-state index contributed by atoms with van der Waals surface area (Å²) in [5.74, 6) is 1.10. The molecule has 0 atom stereocenters. The van der Waals surface area contributed by atoms with Crippen molar-refractivity contribution in [3.8, 4) is 11.5 Å². The minimum absolute atomic E-state index is 0. The summed E-state index contributed by atoms with van der Waals surface area (Å²) in [4.78, 5) is 4.19. The second kappa shape index (κ2) is 10.3. The van der Waals surface area contributed by atoms with E-state index < -0.39 is 0 Å². The topological polar surface area (TPSA) is 68.9 Å². The van der Waals surface area contributed by atoms with E-state index in [9.17, 15) is 4.39 Å². The van der Waals surface area contributed by atoms with E-state index in [0.29, 0.717) is 40.7 Å². The van der Waals surface area contributed by atoms with Crippen molar-refractivity contribution in [1.82, 2.24) is 0 Å².